The van der Waals surface area contributed by atoms with E-state index in [-0.39, 0.29) is 31.9 Å². The molecule has 0 saturated heterocycles. The molecule has 0 aromatic heterocycles. The van der Waals surface area contributed by atoms with E-state index in [1.165, 1.54) is 0 Å². The SMILES string of the molecule is CC(C)C[C@@H](NC(=O)OCc1ccccc1)C(=O)NN(CCC(N)=O)C(=O)C(Cl)c1ccccc1. The lowest BCUT2D eigenvalue weighted by Gasteiger charge is -2.28. The van der Waals surface area contributed by atoms with E-state index in [9.17, 15) is 19.2 Å². The number of alkyl carbamates (subject to hydrolysis) is 1. The second-order valence-electron chi connectivity index (χ2n) is 8.34. The Bertz CT molecular complexity index is 988. The molecule has 0 heterocycles. The number of nitrogens with two attached hydrogens (primary N) is 1. The number of rotatable bonds is 11. The van der Waals surface area contributed by atoms with Crippen LogP contribution in [0.4, 0.5) is 4.79 Å². The van der Waals surface area contributed by atoms with E-state index < -0.39 is 35.2 Å². The smallest absolute Gasteiger partial charge is 0.408 e. The van der Waals surface area contributed by atoms with Crippen molar-refractivity contribution in [1.29, 1.82) is 0 Å². The van der Waals surface area contributed by atoms with Crippen molar-refractivity contribution in [2.45, 2.75) is 44.7 Å². The number of hydrazine groups is 1. The highest BCUT2D eigenvalue weighted by Gasteiger charge is 2.29. The quantitative estimate of drug-likeness (QED) is 0.321. The normalized spacial score (nSPS) is 12.3. The van der Waals surface area contributed by atoms with Gasteiger partial charge in [0.2, 0.25) is 5.91 Å². The summed E-state index contributed by atoms with van der Waals surface area (Å²) in [6.07, 6.45) is -0.678. The Morgan fingerprint density at radius 1 is 1.00 bits per heavy atom. The van der Waals surface area contributed by atoms with Crippen molar-refractivity contribution < 1.29 is 23.9 Å². The summed E-state index contributed by atoms with van der Waals surface area (Å²) in [5, 5.41) is 2.41. The fraction of sp³-hybridized carbons (Fsp3) is 0.360. The van der Waals surface area contributed by atoms with E-state index in [0.717, 1.165) is 10.6 Å². The Balaban J connectivity index is 2.09. The van der Waals surface area contributed by atoms with Gasteiger partial charge in [-0.15, -0.1) is 11.6 Å². The zero-order valence-corrected chi connectivity index (χ0v) is 20.5. The Labute approximate surface area is 209 Å². The second kappa shape index (κ2) is 14.0. The zero-order chi connectivity index (χ0) is 25.8. The topological polar surface area (TPSA) is 131 Å². The number of carbonyl (C=O) groups excluding carboxylic acids is 4. The molecule has 0 radical (unpaired) electrons. The third-order valence-corrected chi connectivity index (χ3v) is 5.37. The fourth-order valence-corrected chi connectivity index (χ4v) is 3.43. The summed E-state index contributed by atoms with van der Waals surface area (Å²) in [6.45, 7) is 3.63. The van der Waals surface area contributed by atoms with Gasteiger partial charge in [-0.25, -0.2) is 4.79 Å². The third-order valence-electron chi connectivity index (χ3n) is 4.93. The van der Waals surface area contributed by atoms with E-state index in [4.69, 9.17) is 22.1 Å². The molecular formula is C25H31ClN4O5. The maximum atomic E-state index is 13.1. The van der Waals surface area contributed by atoms with E-state index in [0.29, 0.717) is 5.56 Å². The van der Waals surface area contributed by atoms with Crippen LogP contribution in [-0.2, 0) is 25.7 Å². The minimum atomic E-state index is -1.10. The van der Waals surface area contributed by atoms with Crippen LogP contribution < -0.4 is 16.5 Å². The van der Waals surface area contributed by atoms with Crippen LogP contribution >= 0.6 is 11.6 Å². The van der Waals surface area contributed by atoms with Gasteiger partial charge >= 0.3 is 6.09 Å². The lowest BCUT2D eigenvalue weighted by molar-refractivity contribution is -0.142. The van der Waals surface area contributed by atoms with Crippen LogP contribution in [-0.4, -0.2) is 41.4 Å². The zero-order valence-electron chi connectivity index (χ0n) is 19.8. The largest absolute Gasteiger partial charge is 0.445 e. The van der Waals surface area contributed by atoms with E-state index in [2.05, 4.69) is 10.7 Å². The summed E-state index contributed by atoms with van der Waals surface area (Å²) in [5.41, 5.74) is 9.05. The monoisotopic (exact) mass is 502 g/mol. The van der Waals surface area contributed by atoms with Crippen molar-refractivity contribution in [3.63, 3.8) is 0 Å². The van der Waals surface area contributed by atoms with Gasteiger partial charge in [0.1, 0.15) is 18.0 Å². The predicted molar refractivity (Wildman–Crippen MR) is 132 cm³/mol. The van der Waals surface area contributed by atoms with Crippen LogP contribution in [0.25, 0.3) is 0 Å². The number of halogens is 1. The molecule has 0 spiro atoms. The van der Waals surface area contributed by atoms with Gasteiger partial charge in [-0.05, 0) is 23.5 Å². The molecule has 4 N–H and O–H groups in total. The van der Waals surface area contributed by atoms with Crippen LogP contribution in [0, 0.1) is 5.92 Å². The highest BCUT2D eigenvalue weighted by Crippen LogP contribution is 2.22. The lowest BCUT2D eigenvalue weighted by Crippen LogP contribution is -2.55. The van der Waals surface area contributed by atoms with Gasteiger partial charge in [0.05, 0.1) is 6.54 Å². The van der Waals surface area contributed by atoms with Crippen molar-refractivity contribution in [2.24, 2.45) is 11.7 Å². The molecule has 0 fully saturated rings. The number of hydrogen-bond acceptors (Lipinski definition) is 5. The molecule has 0 aliphatic rings. The van der Waals surface area contributed by atoms with E-state index in [1.807, 2.05) is 44.2 Å². The van der Waals surface area contributed by atoms with E-state index >= 15 is 0 Å². The van der Waals surface area contributed by atoms with Gasteiger partial charge in [-0.3, -0.25) is 24.8 Å². The summed E-state index contributed by atoms with van der Waals surface area (Å²) in [4.78, 5) is 49.8. The van der Waals surface area contributed by atoms with Gasteiger partial charge in [-0.1, -0.05) is 74.5 Å². The number of nitrogens with zero attached hydrogens (tertiary/aromatic N) is 1. The van der Waals surface area contributed by atoms with Crippen LogP contribution in [0.3, 0.4) is 0 Å². The highest BCUT2D eigenvalue weighted by molar-refractivity contribution is 6.30. The predicted octanol–water partition coefficient (Wildman–Crippen LogP) is 3.04. The molecule has 2 aromatic carbocycles. The van der Waals surface area contributed by atoms with Gasteiger partial charge < -0.3 is 15.8 Å². The van der Waals surface area contributed by atoms with Crippen LogP contribution in [0.15, 0.2) is 60.7 Å². The summed E-state index contributed by atoms with van der Waals surface area (Å²) in [6, 6.07) is 16.7. The van der Waals surface area contributed by atoms with Gasteiger partial charge in [0, 0.05) is 6.42 Å². The molecule has 0 saturated carbocycles. The Morgan fingerprint density at radius 2 is 1.60 bits per heavy atom. The molecule has 0 bridgehead atoms. The van der Waals surface area contributed by atoms with Gasteiger partial charge in [-0.2, -0.15) is 0 Å². The molecule has 10 heteroatoms. The first-order valence-electron chi connectivity index (χ1n) is 11.2. The molecule has 1 unspecified atom stereocenters. The van der Waals surface area contributed by atoms with Crippen LogP contribution in [0.1, 0.15) is 43.2 Å². The van der Waals surface area contributed by atoms with Crippen LogP contribution in [0.2, 0.25) is 0 Å². The molecule has 188 valence electrons. The van der Waals surface area contributed by atoms with Crippen molar-refractivity contribution in [3.05, 3.63) is 71.8 Å². The maximum Gasteiger partial charge on any atom is 0.408 e. The number of amides is 4. The average Bonchev–Trinajstić information content (AvgIpc) is 2.84. The Hall–Kier alpha value is -3.59. The van der Waals surface area contributed by atoms with Crippen LogP contribution in [0.5, 0.6) is 0 Å². The maximum absolute atomic E-state index is 13.1. The highest BCUT2D eigenvalue weighted by atomic mass is 35.5. The third kappa shape index (κ3) is 9.66. The molecular weight excluding hydrogens is 472 g/mol. The Kier molecular flexibility index (Phi) is 11.0. The summed E-state index contributed by atoms with van der Waals surface area (Å²) in [5.74, 6) is -1.89. The molecule has 2 atom stereocenters. The standard InChI is InChI=1S/C25H31ClN4O5/c1-17(2)15-20(28-25(34)35-16-18-9-5-3-6-10-18)23(32)29-30(14-13-21(27)31)24(33)22(26)19-11-7-4-8-12-19/h3-12,17,20,22H,13-16H2,1-2H3,(H2,27,31)(H,28,34)(H,29,32)/t20-,22?/m1/s1. The first-order valence-corrected chi connectivity index (χ1v) is 11.7. The van der Waals surface area contributed by atoms with Gasteiger partial charge in [0.25, 0.3) is 11.8 Å². The van der Waals surface area contributed by atoms with E-state index in [1.54, 1.807) is 30.3 Å². The average molecular weight is 503 g/mol. The van der Waals surface area contributed by atoms with Crippen molar-refractivity contribution in [3.8, 4) is 0 Å². The van der Waals surface area contributed by atoms with Crippen molar-refractivity contribution in [1.82, 2.24) is 15.8 Å². The number of primary amides is 1. The number of carbonyl (C=O) groups is 4. The number of alkyl halides is 1. The van der Waals surface area contributed by atoms with Gasteiger partial charge in [0.15, 0.2) is 0 Å². The van der Waals surface area contributed by atoms with Crippen molar-refractivity contribution in [2.75, 3.05) is 6.54 Å². The first-order chi connectivity index (χ1) is 16.7. The summed E-state index contributed by atoms with van der Waals surface area (Å²) < 4.78 is 5.22. The number of nitrogens with one attached hydrogen (secondary N) is 2. The lowest BCUT2D eigenvalue weighted by atomic mass is 10.0. The first kappa shape index (κ1) is 27.7. The molecule has 35 heavy (non-hydrogen) atoms. The van der Waals surface area contributed by atoms with Crippen molar-refractivity contribution >= 4 is 35.4 Å². The minimum Gasteiger partial charge on any atom is -0.445 e. The number of hydrogen-bond donors (Lipinski definition) is 3. The fourth-order valence-electron chi connectivity index (χ4n) is 3.17. The second-order valence-corrected chi connectivity index (χ2v) is 8.78. The molecule has 4 amide bonds. The molecule has 2 aromatic rings. The number of benzene rings is 2. The molecule has 0 aliphatic carbocycles. The number of ether oxygens (including phenoxy) is 1. The molecule has 2 rings (SSSR count). The summed E-state index contributed by atoms with van der Waals surface area (Å²) in [7, 11) is 0. The minimum absolute atomic E-state index is 0.0386. The molecule has 0 aliphatic heterocycles. The molecule has 9 nitrogen and oxygen atoms in total. The summed E-state index contributed by atoms with van der Waals surface area (Å²) >= 11 is 6.35. The Morgan fingerprint density at radius 3 is 2.17 bits per heavy atom.